The number of hydrogen-bond acceptors (Lipinski definition) is 3. The number of benzene rings is 6. The molecule has 1 spiro atoms. The van der Waals surface area contributed by atoms with E-state index in [9.17, 15) is 0 Å². The van der Waals surface area contributed by atoms with E-state index in [1.54, 1.807) is 12.4 Å². The van der Waals surface area contributed by atoms with Gasteiger partial charge in [0.05, 0.1) is 10.9 Å². The third-order valence-electron chi connectivity index (χ3n) is 10.8. The number of hydrogen-bond donors (Lipinski definition) is 0. The molecule has 0 bridgehead atoms. The van der Waals surface area contributed by atoms with Gasteiger partial charge in [-0.05, 0) is 115 Å². The predicted molar refractivity (Wildman–Crippen MR) is 203 cm³/mol. The summed E-state index contributed by atoms with van der Waals surface area (Å²) in [6, 6.07) is 51.3. The summed E-state index contributed by atoms with van der Waals surface area (Å²) < 4.78 is 2.05. The van der Waals surface area contributed by atoms with E-state index in [4.69, 9.17) is 4.98 Å². The molecule has 4 heteroatoms. The maximum absolute atomic E-state index is 4.77. The topological polar surface area (TPSA) is 43.6 Å². The van der Waals surface area contributed by atoms with E-state index in [-0.39, 0.29) is 0 Å². The van der Waals surface area contributed by atoms with Crippen LogP contribution in [0, 0.1) is 0 Å². The summed E-state index contributed by atoms with van der Waals surface area (Å²) in [5, 5.41) is 4.71. The van der Waals surface area contributed by atoms with Gasteiger partial charge in [-0.25, -0.2) is 15.0 Å². The van der Waals surface area contributed by atoms with E-state index in [0.717, 1.165) is 27.5 Å². The molecule has 50 heavy (non-hydrogen) atoms. The van der Waals surface area contributed by atoms with Crippen molar-refractivity contribution in [3.05, 3.63) is 191 Å². The average Bonchev–Trinajstić information content (AvgIpc) is 3.60. The minimum Gasteiger partial charge on any atom is -0.262 e. The molecule has 3 aromatic heterocycles. The molecule has 6 aromatic carbocycles. The summed E-state index contributed by atoms with van der Waals surface area (Å²) in [4.78, 5) is 13.9. The Morgan fingerprint density at radius 1 is 0.440 bits per heavy atom. The molecule has 2 aliphatic carbocycles. The largest absolute Gasteiger partial charge is 0.262 e. The Kier molecular flexibility index (Phi) is 5.56. The number of nitrogens with zero attached hydrogens (tertiary/aromatic N) is 4. The van der Waals surface area contributed by atoms with E-state index in [1.165, 1.54) is 60.8 Å². The van der Waals surface area contributed by atoms with Gasteiger partial charge in [0, 0.05) is 29.4 Å². The minimum atomic E-state index is -0.504. The normalized spacial score (nSPS) is 15.6. The molecule has 1 unspecified atom stereocenters. The van der Waals surface area contributed by atoms with Crippen LogP contribution in [0.5, 0.6) is 0 Å². The van der Waals surface area contributed by atoms with Crippen LogP contribution >= 0.6 is 0 Å². The molecule has 9 aromatic rings. The molecular formula is C46H28N4. The average molecular weight is 637 g/mol. The molecule has 0 radical (unpaired) electrons. The van der Waals surface area contributed by atoms with Gasteiger partial charge in [-0.3, -0.25) is 4.57 Å². The van der Waals surface area contributed by atoms with Gasteiger partial charge in [0.25, 0.3) is 0 Å². The van der Waals surface area contributed by atoms with Gasteiger partial charge in [0.1, 0.15) is 5.65 Å². The molecule has 1 atom stereocenters. The molecule has 11 rings (SSSR count). The van der Waals surface area contributed by atoms with Gasteiger partial charge in [-0.15, -0.1) is 0 Å². The highest BCUT2D eigenvalue weighted by molar-refractivity contribution is 6.09. The first kappa shape index (κ1) is 27.3. The fourth-order valence-corrected chi connectivity index (χ4v) is 8.69. The third kappa shape index (κ3) is 3.62. The van der Waals surface area contributed by atoms with Gasteiger partial charge < -0.3 is 0 Å². The number of pyridine rings is 1. The van der Waals surface area contributed by atoms with Crippen LogP contribution in [-0.4, -0.2) is 19.5 Å². The van der Waals surface area contributed by atoms with E-state index in [0.29, 0.717) is 5.95 Å². The van der Waals surface area contributed by atoms with E-state index in [1.807, 2.05) is 18.3 Å². The highest BCUT2D eigenvalue weighted by atomic mass is 15.2. The molecule has 4 nitrogen and oxygen atoms in total. The van der Waals surface area contributed by atoms with Gasteiger partial charge in [-0.1, -0.05) is 103 Å². The first-order chi connectivity index (χ1) is 24.8. The van der Waals surface area contributed by atoms with Crippen molar-refractivity contribution in [2.75, 3.05) is 0 Å². The second-order valence-electron chi connectivity index (χ2n) is 13.3. The van der Waals surface area contributed by atoms with Gasteiger partial charge >= 0.3 is 0 Å². The van der Waals surface area contributed by atoms with Gasteiger partial charge in [0.15, 0.2) is 0 Å². The Hall–Kier alpha value is -6.65. The molecule has 3 heterocycles. The van der Waals surface area contributed by atoms with E-state index >= 15 is 0 Å². The molecule has 0 aliphatic heterocycles. The first-order valence-corrected chi connectivity index (χ1v) is 17.0. The number of aromatic nitrogens is 4. The van der Waals surface area contributed by atoms with Crippen LogP contribution in [0.4, 0.5) is 0 Å². The summed E-state index contributed by atoms with van der Waals surface area (Å²) in [7, 11) is 0. The Balaban J connectivity index is 1.21. The number of rotatable bonds is 2. The van der Waals surface area contributed by atoms with Crippen LogP contribution < -0.4 is 0 Å². The molecule has 0 saturated heterocycles. The van der Waals surface area contributed by atoms with Crippen LogP contribution in [0.2, 0.25) is 0 Å². The summed E-state index contributed by atoms with van der Waals surface area (Å²) >= 11 is 0. The molecule has 0 amide bonds. The van der Waals surface area contributed by atoms with Crippen molar-refractivity contribution in [1.29, 1.82) is 0 Å². The lowest BCUT2D eigenvalue weighted by atomic mass is 9.65. The maximum atomic E-state index is 4.77. The number of fused-ring (bicyclic) bond motifs is 13. The Labute approximate surface area is 288 Å². The van der Waals surface area contributed by atoms with Crippen LogP contribution in [-0.2, 0) is 5.41 Å². The third-order valence-corrected chi connectivity index (χ3v) is 10.8. The predicted octanol–water partition coefficient (Wildman–Crippen LogP) is 10.6. The van der Waals surface area contributed by atoms with Crippen molar-refractivity contribution in [3.63, 3.8) is 0 Å². The Bertz CT molecular complexity index is 2880. The monoisotopic (exact) mass is 636 g/mol. The lowest BCUT2D eigenvalue weighted by Gasteiger charge is -2.35. The van der Waals surface area contributed by atoms with Crippen LogP contribution in [0.3, 0.4) is 0 Å². The molecule has 232 valence electrons. The Morgan fingerprint density at radius 3 is 2.02 bits per heavy atom. The lowest BCUT2D eigenvalue weighted by Crippen LogP contribution is -2.30. The summed E-state index contributed by atoms with van der Waals surface area (Å²) in [5.74, 6) is 0.613. The second-order valence-corrected chi connectivity index (χ2v) is 13.3. The SMILES string of the molecule is C1=Cc2ccc(-c3ccc4c(c3)c3cccnc3n4-c3ncccn3)cc2C2(c3ccccc31)c1ccccc1-c1cc3ccccc3cc12. The second kappa shape index (κ2) is 10.2. The van der Waals surface area contributed by atoms with E-state index < -0.39 is 5.41 Å². The van der Waals surface area contributed by atoms with Gasteiger partial charge in [-0.2, -0.15) is 0 Å². The quantitative estimate of drug-likeness (QED) is 0.190. The Morgan fingerprint density at radius 2 is 1.14 bits per heavy atom. The zero-order chi connectivity index (χ0) is 32.8. The van der Waals surface area contributed by atoms with E-state index in [2.05, 4.69) is 154 Å². The van der Waals surface area contributed by atoms with Crippen molar-refractivity contribution >= 4 is 44.9 Å². The summed E-state index contributed by atoms with van der Waals surface area (Å²) in [5.41, 5.74) is 14.0. The lowest BCUT2D eigenvalue weighted by molar-refractivity contribution is 0.768. The fraction of sp³-hybridized carbons (Fsp3) is 0.0217. The molecule has 2 aliphatic rings. The van der Waals surface area contributed by atoms with Crippen LogP contribution in [0.25, 0.3) is 73.1 Å². The standard InChI is InChI=1S/C46H28N4/c1-2-11-32-28-42-37(25-31(32)10-1)35-12-4-6-15-40(35)46(42)39-14-5-3-9-29(39)16-17-30-18-19-34(27-41(30)46)33-20-21-43-38(26-33)36-13-7-22-47-44(36)50(43)45-48-23-8-24-49-45/h1-28H. The first-order valence-electron chi connectivity index (χ1n) is 17.0. The zero-order valence-corrected chi connectivity index (χ0v) is 27.0. The molecule has 0 N–H and O–H groups in total. The minimum absolute atomic E-state index is 0.504. The van der Waals surface area contributed by atoms with Gasteiger partial charge in [0.2, 0.25) is 5.95 Å². The van der Waals surface area contributed by atoms with Crippen molar-refractivity contribution in [1.82, 2.24) is 19.5 Å². The molecule has 0 saturated carbocycles. The molecular weight excluding hydrogens is 609 g/mol. The van der Waals surface area contributed by atoms with Crippen LogP contribution in [0.1, 0.15) is 33.4 Å². The van der Waals surface area contributed by atoms with Crippen LogP contribution in [0.15, 0.2) is 158 Å². The highest BCUT2D eigenvalue weighted by Gasteiger charge is 2.48. The van der Waals surface area contributed by atoms with Crippen molar-refractivity contribution in [2.24, 2.45) is 0 Å². The maximum Gasteiger partial charge on any atom is 0.235 e. The van der Waals surface area contributed by atoms with Crippen molar-refractivity contribution in [2.45, 2.75) is 5.41 Å². The van der Waals surface area contributed by atoms with Crippen molar-refractivity contribution in [3.8, 4) is 28.2 Å². The zero-order valence-electron chi connectivity index (χ0n) is 27.0. The van der Waals surface area contributed by atoms with Crippen molar-refractivity contribution < 1.29 is 0 Å². The smallest absolute Gasteiger partial charge is 0.235 e. The fourth-order valence-electron chi connectivity index (χ4n) is 8.69. The molecule has 0 fully saturated rings. The summed E-state index contributed by atoms with van der Waals surface area (Å²) in [6.07, 6.45) is 9.98. The summed E-state index contributed by atoms with van der Waals surface area (Å²) in [6.45, 7) is 0. The highest BCUT2D eigenvalue weighted by Crippen LogP contribution is 2.59.